The maximum atomic E-state index is 12.1. The largest absolute Gasteiger partial charge is 0.534 e. The summed E-state index contributed by atoms with van der Waals surface area (Å²) < 4.78 is 124. The van der Waals surface area contributed by atoms with Gasteiger partial charge in [0.2, 0.25) is 0 Å². The lowest BCUT2D eigenvalue weighted by Gasteiger charge is -2.09. The Morgan fingerprint density at radius 3 is 1.19 bits per heavy atom. The van der Waals surface area contributed by atoms with Crippen LogP contribution >= 0.6 is 0 Å². The van der Waals surface area contributed by atoms with Gasteiger partial charge in [-0.2, -0.15) is 43.2 Å². The maximum absolute atomic E-state index is 12.1. The molecule has 0 fully saturated rings. The number of hydrogen-bond acceptors (Lipinski definition) is 6. The molecule has 0 saturated heterocycles. The van der Waals surface area contributed by atoms with E-state index in [2.05, 4.69) is 20.5 Å². The minimum Gasteiger partial charge on any atom is -0.375 e. The van der Waals surface area contributed by atoms with E-state index in [4.69, 9.17) is 0 Å². The molecule has 0 aliphatic rings. The second-order valence-electron chi connectivity index (χ2n) is 6.79. The van der Waals surface area contributed by atoms with Crippen LogP contribution in [0.25, 0.3) is 21.5 Å². The molecule has 36 heavy (non-hydrogen) atoms. The van der Waals surface area contributed by atoms with E-state index in [1.165, 1.54) is 12.1 Å². The summed E-state index contributed by atoms with van der Waals surface area (Å²) in [6.45, 7) is 0. The summed E-state index contributed by atoms with van der Waals surface area (Å²) >= 11 is 0. The summed E-state index contributed by atoms with van der Waals surface area (Å²) in [5.74, 6) is -0.989. The van der Waals surface area contributed by atoms with Gasteiger partial charge >= 0.3 is 31.3 Å². The monoisotopic (exact) mass is 550 g/mol. The molecule has 0 atom stereocenters. The van der Waals surface area contributed by atoms with Crippen LogP contribution in [0.2, 0.25) is 0 Å². The van der Waals surface area contributed by atoms with Crippen LogP contribution in [0.15, 0.2) is 72.8 Å². The first kappa shape index (κ1) is 27.1. The Morgan fingerprint density at radius 2 is 0.861 bits per heavy atom. The summed E-state index contributed by atoms with van der Waals surface area (Å²) in [6.07, 6.45) is 0. The molecule has 0 aliphatic heterocycles. The molecule has 0 amide bonds. The predicted molar refractivity (Wildman–Crippen MR) is 117 cm³/mol. The molecule has 0 unspecified atom stereocenters. The van der Waals surface area contributed by atoms with E-state index >= 15 is 0 Å². The van der Waals surface area contributed by atoms with Crippen molar-refractivity contribution in [2.45, 2.75) is 11.0 Å². The number of benzene rings is 4. The van der Waals surface area contributed by atoms with E-state index in [0.717, 1.165) is 12.1 Å². The SMILES string of the molecule is O=S(=O)(Oc1[c]c2ccccc2cc1)C(F)(F)F.O=S(=O)(Oc1[c]c2ccccc2cc1)C(F)(F)F. The highest BCUT2D eigenvalue weighted by atomic mass is 32.2. The molecule has 0 N–H and O–H groups in total. The Bertz CT molecular complexity index is 1480. The van der Waals surface area contributed by atoms with Gasteiger partial charge in [0.05, 0.1) is 0 Å². The zero-order chi connectivity index (χ0) is 26.8. The Kier molecular flexibility index (Phi) is 7.41. The smallest absolute Gasteiger partial charge is 0.375 e. The first-order valence-corrected chi connectivity index (χ1v) is 12.2. The molecule has 4 rings (SSSR count). The van der Waals surface area contributed by atoms with Gasteiger partial charge in [-0.25, -0.2) is 0 Å². The van der Waals surface area contributed by atoms with Crippen LogP contribution in [0.5, 0.6) is 11.5 Å². The lowest BCUT2D eigenvalue weighted by Crippen LogP contribution is -2.28. The van der Waals surface area contributed by atoms with E-state index in [1.54, 1.807) is 48.5 Å². The highest BCUT2D eigenvalue weighted by Crippen LogP contribution is 2.29. The molecule has 0 bridgehead atoms. The lowest BCUT2D eigenvalue weighted by molar-refractivity contribution is -0.0504. The first-order chi connectivity index (χ1) is 16.6. The average Bonchev–Trinajstić information content (AvgIpc) is 2.77. The van der Waals surface area contributed by atoms with Crippen LogP contribution in [0.3, 0.4) is 0 Å². The van der Waals surface area contributed by atoms with E-state index in [-0.39, 0.29) is 0 Å². The fraction of sp³-hybridized carbons (Fsp3) is 0.0909. The van der Waals surface area contributed by atoms with Gasteiger partial charge in [-0.3, -0.25) is 0 Å². The highest BCUT2D eigenvalue weighted by Gasteiger charge is 2.49. The van der Waals surface area contributed by atoms with Crippen molar-refractivity contribution in [2.24, 2.45) is 0 Å². The van der Waals surface area contributed by atoms with Crippen molar-refractivity contribution >= 4 is 41.8 Å². The van der Waals surface area contributed by atoms with E-state index < -0.39 is 42.8 Å². The van der Waals surface area contributed by atoms with Crippen LogP contribution in [-0.4, -0.2) is 27.9 Å². The molecule has 0 spiro atoms. The number of fused-ring (bicyclic) bond motifs is 2. The molecule has 0 saturated carbocycles. The second-order valence-corrected chi connectivity index (χ2v) is 9.86. The van der Waals surface area contributed by atoms with Crippen LogP contribution < -0.4 is 8.37 Å². The quantitative estimate of drug-likeness (QED) is 0.183. The normalized spacial score (nSPS) is 12.6. The minimum absolute atomic E-state index is 0.465. The van der Waals surface area contributed by atoms with Crippen molar-refractivity contribution in [1.29, 1.82) is 0 Å². The molecule has 4 aromatic carbocycles. The zero-order valence-electron chi connectivity index (χ0n) is 17.5. The average molecular weight is 550 g/mol. The molecular formula is C22H12F6O6S2. The van der Waals surface area contributed by atoms with Crippen molar-refractivity contribution in [1.82, 2.24) is 0 Å². The molecule has 0 aromatic heterocycles. The lowest BCUT2D eigenvalue weighted by atomic mass is 10.1. The van der Waals surface area contributed by atoms with Crippen LogP contribution in [0.1, 0.15) is 0 Å². The molecule has 4 aromatic rings. The summed E-state index contributed by atoms with van der Waals surface area (Å²) in [6, 6.07) is 23.4. The first-order valence-electron chi connectivity index (χ1n) is 9.43. The van der Waals surface area contributed by atoms with Crippen molar-refractivity contribution in [3.63, 3.8) is 0 Å². The Hall–Kier alpha value is -3.52. The van der Waals surface area contributed by atoms with Crippen molar-refractivity contribution < 1.29 is 51.5 Å². The van der Waals surface area contributed by atoms with Gasteiger partial charge in [0.25, 0.3) is 0 Å². The van der Waals surface area contributed by atoms with Crippen molar-refractivity contribution in [2.75, 3.05) is 0 Å². The summed E-state index contributed by atoms with van der Waals surface area (Å²) in [5.41, 5.74) is -10.9. The molecule has 2 radical (unpaired) electrons. The molecule has 190 valence electrons. The van der Waals surface area contributed by atoms with Gasteiger partial charge < -0.3 is 8.37 Å². The molecular weight excluding hydrogens is 538 g/mol. The van der Waals surface area contributed by atoms with E-state index in [1.807, 2.05) is 0 Å². The topological polar surface area (TPSA) is 86.7 Å². The standard InChI is InChI=1S/2C11H6F3O3S/c2*12-11(13,14)18(15,16)17-10-6-5-8-3-1-2-4-9(8)7-10/h2*1-6H. The maximum Gasteiger partial charge on any atom is 0.534 e. The van der Waals surface area contributed by atoms with Gasteiger partial charge in [-0.15, -0.1) is 0 Å². The summed E-state index contributed by atoms with van der Waals surface area (Å²) in [4.78, 5) is 0. The molecule has 14 heteroatoms. The third kappa shape index (κ3) is 6.37. The summed E-state index contributed by atoms with van der Waals surface area (Å²) in [7, 11) is -11.3. The Balaban J connectivity index is 0.000000201. The molecule has 0 heterocycles. The molecule has 6 nitrogen and oxygen atoms in total. The van der Waals surface area contributed by atoms with Crippen LogP contribution in [-0.2, 0) is 20.2 Å². The van der Waals surface area contributed by atoms with Gasteiger partial charge in [-0.1, -0.05) is 60.7 Å². The molecule has 0 aliphatic carbocycles. The van der Waals surface area contributed by atoms with Gasteiger partial charge in [0.15, 0.2) is 11.5 Å². The zero-order valence-corrected chi connectivity index (χ0v) is 19.1. The fourth-order valence-corrected chi connectivity index (χ4v) is 3.48. The van der Waals surface area contributed by atoms with Crippen LogP contribution in [0, 0.1) is 12.1 Å². The minimum atomic E-state index is -5.65. The second kappa shape index (κ2) is 9.85. The number of hydrogen-bond donors (Lipinski definition) is 0. The third-order valence-electron chi connectivity index (χ3n) is 4.23. The van der Waals surface area contributed by atoms with Crippen molar-refractivity contribution in [3.8, 4) is 11.5 Å². The predicted octanol–water partition coefficient (Wildman–Crippen LogP) is 5.74. The van der Waals surface area contributed by atoms with Gasteiger partial charge in [0, 0.05) is 12.1 Å². The van der Waals surface area contributed by atoms with Crippen LogP contribution in [0.4, 0.5) is 26.3 Å². The van der Waals surface area contributed by atoms with Gasteiger partial charge in [-0.05, 0) is 33.7 Å². The Labute approximate surface area is 200 Å². The van der Waals surface area contributed by atoms with E-state index in [0.29, 0.717) is 21.5 Å². The number of rotatable bonds is 4. The number of alkyl halides is 6. The van der Waals surface area contributed by atoms with Crippen molar-refractivity contribution in [3.05, 3.63) is 84.9 Å². The van der Waals surface area contributed by atoms with E-state index in [9.17, 15) is 43.2 Å². The summed E-state index contributed by atoms with van der Waals surface area (Å²) in [5, 5.41) is 2.36. The third-order valence-corrected chi connectivity index (χ3v) is 6.16. The Morgan fingerprint density at radius 1 is 0.528 bits per heavy atom. The number of halogens is 6. The van der Waals surface area contributed by atoms with Gasteiger partial charge in [0.1, 0.15) is 0 Å². The highest BCUT2D eigenvalue weighted by molar-refractivity contribution is 7.88. The fourth-order valence-electron chi connectivity index (χ4n) is 2.62.